The van der Waals surface area contributed by atoms with Crippen LogP contribution in [0.4, 0.5) is 0 Å². The third-order valence-electron chi connectivity index (χ3n) is 0.724. The zero-order chi connectivity index (χ0) is 16.0. The molecular formula is C14H28O4. The van der Waals surface area contributed by atoms with Gasteiger partial charge in [0.05, 0.1) is 19.8 Å². The minimum Gasteiger partial charge on any atom is -0.463 e. The second kappa shape index (κ2) is 45.3. The highest BCUT2D eigenvalue weighted by molar-refractivity contribution is 5.86. The average Bonchev–Trinajstić information content (AvgIpc) is 2.46. The fourth-order valence-electron chi connectivity index (χ4n) is 0.254. The van der Waals surface area contributed by atoms with Crippen molar-refractivity contribution in [1.29, 1.82) is 0 Å². The molecule has 4 heteroatoms. The van der Waals surface area contributed by atoms with Crippen molar-refractivity contribution < 1.29 is 19.7 Å². The molecule has 0 spiro atoms. The van der Waals surface area contributed by atoms with Gasteiger partial charge in [0.25, 0.3) is 0 Å². The Kier molecular flexibility index (Phi) is 75.3. The van der Waals surface area contributed by atoms with Gasteiger partial charge in [0.1, 0.15) is 0 Å². The normalized spacial score (nSPS) is 6.00. The van der Waals surface area contributed by atoms with Crippen molar-refractivity contribution in [3.8, 4) is 0 Å². The molecule has 0 radical (unpaired) electrons. The number of carbonyl (C=O) groups is 1. The van der Waals surface area contributed by atoms with Gasteiger partial charge in [0.2, 0.25) is 0 Å². The lowest BCUT2D eigenvalue weighted by Crippen LogP contribution is -2.03. The summed E-state index contributed by atoms with van der Waals surface area (Å²) >= 11 is 0. The van der Waals surface area contributed by atoms with Crippen LogP contribution in [0, 0.1) is 0 Å². The Morgan fingerprint density at radius 3 is 1.33 bits per heavy atom. The van der Waals surface area contributed by atoms with E-state index in [0.29, 0.717) is 12.2 Å². The molecule has 0 saturated heterocycles. The predicted octanol–water partition coefficient (Wildman–Crippen LogP) is 2.50. The minimum absolute atomic E-state index is 0.125. The van der Waals surface area contributed by atoms with Crippen molar-refractivity contribution in [3.05, 3.63) is 51.6 Å². The summed E-state index contributed by atoms with van der Waals surface area (Å²) in [5.74, 6) is -0.312. The van der Waals surface area contributed by atoms with Crippen molar-refractivity contribution in [2.75, 3.05) is 19.8 Å². The van der Waals surface area contributed by atoms with E-state index in [-0.39, 0.29) is 19.2 Å². The predicted molar refractivity (Wildman–Crippen MR) is 79.4 cm³/mol. The van der Waals surface area contributed by atoms with Crippen LogP contribution in [-0.2, 0) is 9.53 Å². The molecule has 108 valence electrons. The zero-order valence-electron chi connectivity index (χ0n) is 11.8. The van der Waals surface area contributed by atoms with Gasteiger partial charge in [-0.15, -0.1) is 39.5 Å². The average molecular weight is 260 g/mol. The van der Waals surface area contributed by atoms with Gasteiger partial charge in [-0.25, -0.2) is 4.79 Å². The lowest BCUT2D eigenvalue weighted by molar-refractivity contribution is -0.138. The summed E-state index contributed by atoms with van der Waals surface area (Å²) in [7, 11) is 0. The Hall–Kier alpha value is -1.65. The zero-order valence-corrected chi connectivity index (χ0v) is 11.8. The Balaban J connectivity index is -0.0000000477. The van der Waals surface area contributed by atoms with E-state index in [2.05, 4.69) is 50.8 Å². The van der Waals surface area contributed by atoms with Crippen LogP contribution in [-0.4, -0.2) is 36.0 Å². The molecule has 0 rings (SSSR count). The maximum absolute atomic E-state index is 10.4. The third-order valence-corrected chi connectivity index (χ3v) is 0.724. The van der Waals surface area contributed by atoms with Gasteiger partial charge >= 0.3 is 5.97 Å². The Bertz CT molecular complexity index is 160. The molecule has 2 N–H and O–H groups in total. The summed E-state index contributed by atoms with van der Waals surface area (Å²) < 4.78 is 4.56. The van der Waals surface area contributed by atoms with E-state index in [1.165, 1.54) is 0 Å². The summed E-state index contributed by atoms with van der Waals surface area (Å²) in [4.78, 5) is 10.4. The molecule has 0 aliphatic rings. The smallest absolute Gasteiger partial charge is 0.333 e. The molecule has 4 nitrogen and oxygen atoms in total. The van der Waals surface area contributed by atoms with E-state index in [9.17, 15) is 4.79 Å². The van der Waals surface area contributed by atoms with Crippen molar-refractivity contribution in [1.82, 2.24) is 0 Å². The van der Waals surface area contributed by atoms with Crippen LogP contribution < -0.4 is 0 Å². The quantitative estimate of drug-likeness (QED) is 0.465. The monoisotopic (exact) mass is 260 g/mol. The molecule has 0 unspecified atom stereocenters. The molecule has 0 aliphatic heterocycles. The SMILES string of the molecule is C=C.C=C.C=C.C=C(C)C(=O)OCC.OCCO. The van der Waals surface area contributed by atoms with E-state index in [4.69, 9.17) is 10.2 Å². The van der Waals surface area contributed by atoms with Crippen LogP contribution in [0.1, 0.15) is 13.8 Å². The molecule has 0 bridgehead atoms. The van der Waals surface area contributed by atoms with Gasteiger partial charge in [0.15, 0.2) is 0 Å². The largest absolute Gasteiger partial charge is 0.463 e. The van der Waals surface area contributed by atoms with Crippen molar-refractivity contribution >= 4 is 5.97 Å². The van der Waals surface area contributed by atoms with Gasteiger partial charge in [-0.1, -0.05) is 6.58 Å². The Labute approximate surface area is 112 Å². The third kappa shape index (κ3) is 63.4. The van der Waals surface area contributed by atoms with Crippen molar-refractivity contribution in [2.24, 2.45) is 0 Å². The first-order valence-electron chi connectivity index (χ1n) is 5.14. The highest BCUT2D eigenvalue weighted by Gasteiger charge is 1.98. The molecule has 0 fully saturated rings. The van der Waals surface area contributed by atoms with Gasteiger partial charge in [-0.2, -0.15) is 0 Å². The van der Waals surface area contributed by atoms with Crippen LogP contribution >= 0.6 is 0 Å². The molecular weight excluding hydrogens is 232 g/mol. The first-order valence-corrected chi connectivity index (χ1v) is 5.14. The maximum Gasteiger partial charge on any atom is 0.333 e. The van der Waals surface area contributed by atoms with E-state index in [1.807, 2.05) is 0 Å². The van der Waals surface area contributed by atoms with E-state index in [1.54, 1.807) is 13.8 Å². The fourth-order valence-corrected chi connectivity index (χ4v) is 0.254. The highest BCUT2D eigenvalue weighted by atomic mass is 16.5. The van der Waals surface area contributed by atoms with Gasteiger partial charge in [0, 0.05) is 5.57 Å². The molecule has 0 aromatic rings. The van der Waals surface area contributed by atoms with Crippen molar-refractivity contribution in [2.45, 2.75) is 13.8 Å². The van der Waals surface area contributed by atoms with Crippen LogP contribution in [0.2, 0.25) is 0 Å². The van der Waals surface area contributed by atoms with Crippen LogP contribution in [0.5, 0.6) is 0 Å². The lowest BCUT2D eigenvalue weighted by atomic mass is 10.4. The Morgan fingerprint density at radius 2 is 1.28 bits per heavy atom. The number of rotatable bonds is 3. The second-order valence-corrected chi connectivity index (χ2v) is 1.95. The number of ether oxygens (including phenoxy) is 1. The number of hydrogen-bond acceptors (Lipinski definition) is 4. The molecule has 0 amide bonds. The minimum atomic E-state index is -0.312. The number of aliphatic hydroxyl groups excluding tert-OH is 2. The van der Waals surface area contributed by atoms with E-state index in [0.717, 1.165) is 0 Å². The molecule has 0 aliphatic carbocycles. The summed E-state index contributed by atoms with van der Waals surface area (Å²) in [6.07, 6.45) is 0. The van der Waals surface area contributed by atoms with Gasteiger partial charge in [-0.3, -0.25) is 0 Å². The first kappa shape index (κ1) is 29.9. The summed E-state index contributed by atoms with van der Waals surface area (Å²) in [5, 5.41) is 15.2. The van der Waals surface area contributed by atoms with Crippen LogP contribution in [0.15, 0.2) is 51.6 Å². The standard InChI is InChI=1S/C6H10O2.C2H6O2.3C2H4/c1-4-8-6(7)5(2)3;3-1-2-4;3*1-2/h2,4H2,1,3H3;3-4H,1-2H2;3*1-2H2. The van der Waals surface area contributed by atoms with Gasteiger partial charge in [-0.05, 0) is 13.8 Å². The molecule has 18 heavy (non-hydrogen) atoms. The Morgan fingerprint density at radius 1 is 1.00 bits per heavy atom. The fraction of sp³-hybridized carbons (Fsp3) is 0.357. The first-order chi connectivity index (χ1) is 8.59. The van der Waals surface area contributed by atoms with Crippen molar-refractivity contribution in [3.63, 3.8) is 0 Å². The van der Waals surface area contributed by atoms with E-state index < -0.39 is 0 Å². The molecule has 0 aromatic carbocycles. The molecule has 0 saturated carbocycles. The summed E-state index contributed by atoms with van der Waals surface area (Å²) in [6, 6.07) is 0. The summed E-state index contributed by atoms with van der Waals surface area (Å²) in [5.41, 5.74) is 0.451. The number of aliphatic hydroxyl groups is 2. The molecule has 0 aromatic heterocycles. The topological polar surface area (TPSA) is 66.8 Å². The summed E-state index contributed by atoms with van der Waals surface area (Å²) in [6.45, 7) is 25.0. The molecule has 0 atom stereocenters. The number of carbonyl (C=O) groups excluding carboxylic acids is 1. The maximum atomic E-state index is 10.4. The van der Waals surface area contributed by atoms with Crippen LogP contribution in [0.25, 0.3) is 0 Å². The van der Waals surface area contributed by atoms with Crippen LogP contribution in [0.3, 0.4) is 0 Å². The van der Waals surface area contributed by atoms with E-state index >= 15 is 0 Å². The lowest BCUT2D eigenvalue weighted by Gasteiger charge is -1.96. The number of esters is 1. The molecule has 0 heterocycles. The highest BCUT2D eigenvalue weighted by Crippen LogP contribution is 1.89. The van der Waals surface area contributed by atoms with Gasteiger partial charge < -0.3 is 14.9 Å². The number of hydrogen-bond donors (Lipinski definition) is 2. The second-order valence-electron chi connectivity index (χ2n) is 1.95.